The Bertz CT molecular complexity index is 847. The second-order valence-corrected chi connectivity index (χ2v) is 7.17. The zero-order chi connectivity index (χ0) is 16.8. The Kier molecular flexibility index (Phi) is 3.68. The van der Waals surface area contributed by atoms with Crippen LogP contribution in [0.1, 0.15) is 39.9 Å². The van der Waals surface area contributed by atoms with Crippen molar-refractivity contribution in [3.8, 4) is 0 Å². The molecule has 3 atom stereocenters. The van der Waals surface area contributed by atoms with Gasteiger partial charge in [-0.25, -0.2) is 9.18 Å². The van der Waals surface area contributed by atoms with Crippen molar-refractivity contribution < 1.29 is 14.3 Å². The van der Waals surface area contributed by atoms with Gasteiger partial charge in [0, 0.05) is 10.4 Å². The van der Waals surface area contributed by atoms with Gasteiger partial charge in [-0.15, -0.1) is 0 Å². The second kappa shape index (κ2) is 5.74. The van der Waals surface area contributed by atoms with Gasteiger partial charge in [-0.1, -0.05) is 40.2 Å². The van der Waals surface area contributed by atoms with E-state index in [1.54, 1.807) is 18.2 Å². The fourth-order valence-electron chi connectivity index (χ4n) is 3.83. The summed E-state index contributed by atoms with van der Waals surface area (Å²) in [5.41, 5.74) is 2.89. The van der Waals surface area contributed by atoms with Crippen molar-refractivity contribution in [2.75, 3.05) is 5.32 Å². The van der Waals surface area contributed by atoms with Crippen LogP contribution in [0.25, 0.3) is 0 Å². The van der Waals surface area contributed by atoms with E-state index >= 15 is 0 Å². The molecule has 2 aromatic rings. The molecule has 0 saturated heterocycles. The predicted molar refractivity (Wildman–Crippen MR) is 93.9 cm³/mol. The molecule has 122 valence electrons. The standard InChI is InChI=1S/C19H15BrFNO2/c20-11-8-15-13-2-1-3-14(13)17(10-4-6-12(21)7-5-10)22-18(15)16(9-11)19(23)24/h1-2,4-9,13-14,17,22H,3H2,(H,23,24)/t13-,14+,17-/m0/s1. The average Bonchev–Trinajstić information content (AvgIpc) is 3.04. The van der Waals surface area contributed by atoms with Crippen LogP contribution in [0.2, 0.25) is 0 Å². The molecule has 2 aliphatic rings. The predicted octanol–water partition coefficient (Wildman–Crippen LogP) is 5.11. The third-order valence-corrected chi connectivity index (χ3v) is 5.35. The molecule has 0 saturated carbocycles. The highest BCUT2D eigenvalue weighted by atomic mass is 79.9. The maximum Gasteiger partial charge on any atom is 0.337 e. The first kappa shape index (κ1) is 15.4. The van der Waals surface area contributed by atoms with E-state index in [0.29, 0.717) is 11.6 Å². The number of halogens is 2. The van der Waals surface area contributed by atoms with Crippen LogP contribution in [-0.4, -0.2) is 11.1 Å². The molecular formula is C19H15BrFNO2. The first-order valence-electron chi connectivity index (χ1n) is 7.80. The van der Waals surface area contributed by atoms with Gasteiger partial charge < -0.3 is 10.4 Å². The lowest BCUT2D eigenvalue weighted by atomic mass is 9.76. The van der Waals surface area contributed by atoms with Gasteiger partial charge in [0.25, 0.3) is 0 Å². The molecule has 2 aromatic carbocycles. The van der Waals surface area contributed by atoms with Gasteiger partial charge in [0.1, 0.15) is 5.82 Å². The van der Waals surface area contributed by atoms with Crippen LogP contribution in [0, 0.1) is 11.7 Å². The Morgan fingerprint density at radius 3 is 2.71 bits per heavy atom. The molecule has 24 heavy (non-hydrogen) atoms. The Hall–Kier alpha value is -2.14. The summed E-state index contributed by atoms with van der Waals surface area (Å²) in [5, 5.41) is 13.0. The summed E-state index contributed by atoms with van der Waals surface area (Å²) in [6.45, 7) is 0. The van der Waals surface area contributed by atoms with Crippen molar-refractivity contribution in [2.24, 2.45) is 5.92 Å². The zero-order valence-corrected chi connectivity index (χ0v) is 14.3. The summed E-state index contributed by atoms with van der Waals surface area (Å²) in [6.07, 6.45) is 5.21. The lowest BCUT2D eigenvalue weighted by Gasteiger charge is -2.38. The van der Waals surface area contributed by atoms with Gasteiger partial charge in [-0.2, -0.15) is 0 Å². The largest absolute Gasteiger partial charge is 0.478 e. The molecule has 1 heterocycles. The number of carboxylic acid groups (broad SMARTS) is 1. The van der Waals surface area contributed by atoms with Crippen molar-refractivity contribution in [2.45, 2.75) is 18.4 Å². The highest BCUT2D eigenvalue weighted by molar-refractivity contribution is 9.10. The van der Waals surface area contributed by atoms with Crippen molar-refractivity contribution in [3.05, 3.63) is 75.5 Å². The molecule has 3 nitrogen and oxygen atoms in total. The van der Waals surface area contributed by atoms with Gasteiger partial charge >= 0.3 is 5.97 Å². The Morgan fingerprint density at radius 1 is 1.25 bits per heavy atom. The van der Waals surface area contributed by atoms with E-state index in [2.05, 4.69) is 33.4 Å². The molecule has 4 rings (SSSR count). The Morgan fingerprint density at radius 2 is 2.00 bits per heavy atom. The van der Waals surface area contributed by atoms with E-state index in [0.717, 1.165) is 22.0 Å². The number of fused-ring (bicyclic) bond motifs is 3. The minimum absolute atomic E-state index is 0.0441. The van der Waals surface area contributed by atoms with Crippen LogP contribution < -0.4 is 5.32 Å². The molecular weight excluding hydrogens is 373 g/mol. The van der Waals surface area contributed by atoms with E-state index in [4.69, 9.17) is 0 Å². The fraction of sp³-hybridized carbons (Fsp3) is 0.211. The minimum atomic E-state index is -0.960. The van der Waals surface area contributed by atoms with Gasteiger partial charge in [-0.05, 0) is 47.7 Å². The van der Waals surface area contributed by atoms with Crippen LogP contribution >= 0.6 is 15.9 Å². The highest BCUT2D eigenvalue weighted by Crippen LogP contribution is 2.51. The second-order valence-electron chi connectivity index (χ2n) is 6.25. The number of carboxylic acids is 1. The summed E-state index contributed by atoms with van der Waals surface area (Å²) in [6, 6.07) is 10.0. The molecule has 1 aliphatic carbocycles. The molecule has 5 heteroatoms. The number of aromatic carboxylic acids is 1. The molecule has 0 amide bonds. The molecule has 1 aliphatic heterocycles. The number of anilines is 1. The van der Waals surface area contributed by atoms with Gasteiger partial charge in [0.2, 0.25) is 0 Å². The smallest absolute Gasteiger partial charge is 0.337 e. The van der Waals surface area contributed by atoms with E-state index in [1.807, 2.05) is 6.07 Å². The van der Waals surface area contributed by atoms with E-state index in [-0.39, 0.29) is 23.3 Å². The summed E-state index contributed by atoms with van der Waals surface area (Å²) >= 11 is 3.42. The quantitative estimate of drug-likeness (QED) is 0.703. The zero-order valence-electron chi connectivity index (χ0n) is 12.7. The van der Waals surface area contributed by atoms with Crippen LogP contribution in [0.15, 0.2) is 53.0 Å². The number of carbonyl (C=O) groups is 1. The summed E-state index contributed by atoms with van der Waals surface area (Å²) < 4.78 is 14.0. The molecule has 2 N–H and O–H groups in total. The number of hydrogen-bond acceptors (Lipinski definition) is 2. The average molecular weight is 388 g/mol. The van der Waals surface area contributed by atoms with Crippen molar-refractivity contribution in [3.63, 3.8) is 0 Å². The first-order chi connectivity index (χ1) is 11.5. The first-order valence-corrected chi connectivity index (χ1v) is 8.59. The lowest BCUT2D eigenvalue weighted by molar-refractivity contribution is 0.0697. The maximum atomic E-state index is 13.3. The summed E-state index contributed by atoms with van der Waals surface area (Å²) in [5.74, 6) is -0.782. The normalized spacial score (nSPS) is 24.2. The Balaban J connectivity index is 1.86. The third-order valence-electron chi connectivity index (χ3n) is 4.89. The topological polar surface area (TPSA) is 49.3 Å². The fourth-order valence-corrected chi connectivity index (χ4v) is 4.31. The number of allylic oxidation sites excluding steroid dienone is 2. The SMILES string of the molecule is O=C(O)c1cc(Br)cc2c1N[C@@H](c1ccc(F)cc1)[C@@H]1CC=C[C@H]21. The lowest BCUT2D eigenvalue weighted by Crippen LogP contribution is -2.30. The summed E-state index contributed by atoms with van der Waals surface area (Å²) in [7, 11) is 0. The van der Waals surface area contributed by atoms with Crippen LogP contribution in [0.4, 0.5) is 10.1 Å². The van der Waals surface area contributed by atoms with Gasteiger partial charge in [0.15, 0.2) is 0 Å². The molecule has 0 radical (unpaired) electrons. The maximum absolute atomic E-state index is 13.3. The van der Waals surface area contributed by atoms with E-state index < -0.39 is 5.97 Å². The van der Waals surface area contributed by atoms with Crippen molar-refractivity contribution in [1.82, 2.24) is 0 Å². The Labute approximate surface area is 147 Å². The van der Waals surface area contributed by atoms with Crippen LogP contribution in [-0.2, 0) is 0 Å². The van der Waals surface area contributed by atoms with Crippen LogP contribution in [0.5, 0.6) is 0 Å². The molecule has 0 spiro atoms. The molecule has 0 fully saturated rings. The molecule has 0 unspecified atom stereocenters. The highest BCUT2D eigenvalue weighted by Gasteiger charge is 2.39. The number of rotatable bonds is 2. The van der Waals surface area contributed by atoms with Crippen LogP contribution in [0.3, 0.4) is 0 Å². The number of benzene rings is 2. The molecule has 0 aromatic heterocycles. The van der Waals surface area contributed by atoms with Gasteiger partial charge in [0.05, 0.1) is 17.3 Å². The van der Waals surface area contributed by atoms with E-state index in [9.17, 15) is 14.3 Å². The number of nitrogens with one attached hydrogen (secondary N) is 1. The third kappa shape index (κ3) is 2.44. The van der Waals surface area contributed by atoms with Gasteiger partial charge in [-0.3, -0.25) is 0 Å². The summed E-state index contributed by atoms with van der Waals surface area (Å²) in [4.78, 5) is 11.7. The molecule has 0 bridgehead atoms. The minimum Gasteiger partial charge on any atom is -0.478 e. The van der Waals surface area contributed by atoms with Crippen molar-refractivity contribution in [1.29, 1.82) is 0 Å². The number of hydrogen-bond donors (Lipinski definition) is 2. The van der Waals surface area contributed by atoms with Crippen molar-refractivity contribution >= 4 is 27.6 Å². The van der Waals surface area contributed by atoms with E-state index in [1.165, 1.54) is 12.1 Å². The monoisotopic (exact) mass is 387 g/mol.